The summed E-state index contributed by atoms with van der Waals surface area (Å²) < 4.78 is 11.0. The Morgan fingerprint density at radius 1 is 1.50 bits per heavy atom. The second kappa shape index (κ2) is 5.21. The molecule has 2 rings (SSSR count). The summed E-state index contributed by atoms with van der Waals surface area (Å²) in [6.45, 7) is 3.91. The Labute approximate surface area is 96.8 Å². The summed E-state index contributed by atoms with van der Waals surface area (Å²) >= 11 is 0. The second-order valence-electron chi connectivity index (χ2n) is 4.00. The van der Waals surface area contributed by atoms with Crippen molar-refractivity contribution < 1.29 is 9.47 Å². The van der Waals surface area contributed by atoms with Gasteiger partial charge in [0.05, 0.1) is 13.7 Å². The lowest BCUT2D eigenvalue weighted by Crippen LogP contribution is -2.20. The molecule has 1 aromatic rings. The van der Waals surface area contributed by atoms with Crippen molar-refractivity contribution in [2.45, 2.75) is 25.8 Å². The maximum Gasteiger partial charge on any atom is 0.127 e. The van der Waals surface area contributed by atoms with Crippen molar-refractivity contribution in [2.75, 3.05) is 20.3 Å². The van der Waals surface area contributed by atoms with E-state index in [4.69, 9.17) is 9.47 Å². The van der Waals surface area contributed by atoms with Crippen LogP contribution in [0.5, 0.6) is 11.5 Å². The van der Waals surface area contributed by atoms with Crippen molar-refractivity contribution in [1.29, 1.82) is 0 Å². The number of ether oxygens (including phenoxy) is 2. The number of nitrogens with one attached hydrogen (secondary N) is 1. The molecule has 3 nitrogen and oxygen atoms in total. The number of methoxy groups -OCH3 is 1. The van der Waals surface area contributed by atoms with E-state index in [-0.39, 0.29) is 0 Å². The Balaban J connectivity index is 2.30. The van der Waals surface area contributed by atoms with Gasteiger partial charge in [0, 0.05) is 17.7 Å². The third-order valence-electron chi connectivity index (χ3n) is 2.94. The molecule has 1 aliphatic heterocycles. The van der Waals surface area contributed by atoms with E-state index in [0.717, 1.165) is 37.5 Å². The first-order valence-electron chi connectivity index (χ1n) is 5.89. The Morgan fingerprint density at radius 3 is 3.12 bits per heavy atom. The molecule has 1 aliphatic rings. The van der Waals surface area contributed by atoms with Crippen LogP contribution in [0.1, 0.15) is 31.4 Å². The first kappa shape index (κ1) is 11.3. The molecule has 3 heteroatoms. The number of hydrogen-bond donors (Lipinski definition) is 1. The van der Waals surface area contributed by atoms with Crippen LogP contribution in [-0.4, -0.2) is 20.3 Å². The van der Waals surface area contributed by atoms with Crippen molar-refractivity contribution in [3.8, 4) is 11.5 Å². The number of hydrogen-bond acceptors (Lipinski definition) is 3. The maximum absolute atomic E-state index is 5.75. The van der Waals surface area contributed by atoms with Crippen molar-refractivity contribution in [3.63, 3.8) is 0 Å². The highest BCUT2D eigenvalue weighted by atomic mass is 16.5. The van der Waals surface area contributed by atoms with E-state index < -0.39 is 0 Å². The minimum absolute atomic E-state index is 0.411. The normalized spacial score (nSPS) is 19.5. The van der Waals surface area contributed by atoms with Gasteiger partial charge in [-0.1, -0.05) is 13.0 Å². The molecule has 0 saturated carbocycles. The molecule has 1 atom stereocenters. The van der Waals surface area contributed by atoms with E-state index >= 15 is 0 Å². The van der Waals surface area contributed by atoms with Crippen LogP contribution in [-0.2, 0) is 0 Å². The van der Waals surface area contributed by atoms with Crippen LogP contribution >= 0.6 is 0 Å². The molecular weight excluding hydrogens is 202 g/mol. The zero-order valence-corrected chi connectivity index (χ0v) is 9.95. The lowest BCUT2D eigenvalue weighted by Gasteiger charge is -2.17. The molecule has 0 amide bonds. The van der Waals surface area contributed by atoms with Crippen LogP contribution in [0, 0.1) is 0 Å². The van der Waals surface area contributed by atoms with Gasteiger partial charge in [-0.15, -0.1) is 0 Å². The minimum atomic E-state index is 0.411. The van der Waals surface area contributed by atoms with Crippen LogP contribution in [0.4, 0.5) is 0 Å². The quantitative estimate of drug-likeness (QED) is 0.850. The molecule has 0 saturated heterocycles. The number of rotatable bonds is 3. The van der Waals surface area contributed by atoms with Crippen LogP contribution in [0.2, 0.25) is 0 Å². The SMILES string of the molecule is CCNC1CCCOc2cc(OC)ccc21. The second-order valence-corrected chi connectivity index (χ2v) is 4.00. The summed E-state index contributed by atoms with van der Waals surface area (Å²) in [4.78, 5) is 0. The van der Waals surface area contributed by atoms with E-state index in [9.17, 15) is 0 Å². The molecule has 0 spiro atoms. The monoisotopic (exact) mass is 221 g/mol. The zero-order chi connectivity index (χ0) is 11.4. The third kappa shape index (κ3) is 2.30. The Hall–Kier alpha value is -1.22. The van der Waals surface area contributed by atoms with Gasteiger partial charge in [-0.05, 0) is 25.5 Å². The molecule has 0 fully saturated rings. The molecule has 0 radical (unpaired) electrons. The molecule has 1 N–H and O–H groups in total. The van der Waals surface area contributed by atoms with Gasteiger partial charge in [0.25, 0.3) is 0 Å². The van der Waals surface area contributed by atoms with Gasteiger partial charge in [0.15, 0.2) is 0 Å². The van der Waals surface area contributed by atoms with Gasteiger partial charge >= 0.3 is 0 Å². The molecule has 1 heterocycles. The highest BCUT2D eigenvalue weighted by molar-refractivity contribution is 5.43. The van der Waals surface area contributed by atoms with E-state index in [0.29, 0.717) is 6.04 Å². The first-order valence-corrected chi connectivity index (χ1v) is 5.89. The van der Waals surface area contributed by atoms with Crippen LogP contribution in [0.15, 0.2) is 18.2 Å². The molecule has 16 heavy (non-hydrogen) atoms. The van der Waals surface area contributed by atoms with Gasteiger partial charge < -0.3 is 14.8 Å². The molecular formula is C13H19NO2. The van der Waals surface area contributed by atoms with Crippen molar-refractivity contribution >= 4 is 0 Å². The summed E-state index contributed by atoms with van der Waals surface area (Å²) in [6.07, 6.45) is 2.22. The average molecular weight is 221 g/mol. The fourth-order valence-electron chi connectivity index (χ4n) is 2.14. The first-order chi connectivity index (χ1) is 7.85. The smallest absolute Gasteiger partial charge is 0.127 e. The Bertz CT molecular complexity index is 352. The average Bonchev–Trinajstić information content (AvgIpc) is 2.52. The highest BCUT2D eigenvalue weighted by Crippen LogP contribution is 2.34. The summed E-state index contributed by atoms with van der Waals surface area (Å²) in [5.74, 6) is 1.82. The predicted molar refractivity (Wildman–Crippen MR) is 64.1 cm³/mol. The summed E-state index contributed by atoms with van der Waals surface area (Å²) in [5.41, 5.74) is 1.25. The van der Waals surface area contributed by atoms with Crippen molar-refractivity contribution in [2.24, 2.45) is 0 Å². The fourth-order valence-corrected chi connectivity index (χ4v) is 2.14. The van der Waals surface area contributed by atoms with Crippen molar-refractivity contribution in [3.05, 3.63) is 23.8 Å². The van der Waals surface area contributed by atoms with Crippen molar-refractivity contribution in [1.82, 2.24) is 5.32 Å². The fraction of sp³-hybridized carbons (Fsp3) is 0.538. The van der Waals surface area contributed by atoms with Gasteiger partial charge in [0.2, 0.25) is 0 Å². The standard InChI is InChI=1S/C13H19NO2/c1-3-14-12-5-4-8-16-13-9-10(15-2)6-7-11(12)13/h6-7,9,12,14H,3-5,8H2,1-2H3. The van der Waals surface area contributed by atoms with Crippen LogP contribution in [0.3, 0.4) is 0 Å². The van der Waals surface area contributed by atoms with Crippen LogP contribution in [0.25, 0.3) is 0 Å². The van der Waals surface area contributed by atoms with Gasteiger partial charge in [-0.25, -0.2) is 0 Å². The minimum Gasteiger partial charge on any atom is -0.497 e. The zero-order valence-electron chi connectivity index (χ0n) is 9.95. The lowest BCUT2D eigenvalue weighted by atomic mass is 10.0. The predicted octanol–water partition coefficient (Wildman–Crippen LogP) is 2.52. The highest BCUT2D eigenvalue weighted by Gasteiger charge is 2.19. The molecule has 1 aromatic carbocycles. The van der Waals surface area contributed by atoms with Gasteiger partial charge in [0.1, 0.15) is 11.5 Å². The third-order valence-corrected chi connectivity index (χ3v) is 2.94. The number of fused-ring (bicyclic) bond motifs is 1. The van der Waals surface area contributed by atoms with Gasteiger partial charge in [-0.2, -0.15) is 0 Å². The molecule has 1 unspecified atom stereocenters. The maximum atomic E-state index is 5.75. The van der Waals surface area contributed by atoms with Gasteiger partial charge in [-0.3, -0.25) is 0 Å². The Morgan fingerprint density at radius 2 is 2.38 bits per heavy atom. The van der Waals surface area contributed by atoms with E-state index in [2.05, 4.69) is 18.3 Å². The lowest BCUT2D eigenvalue weighted by molar-refractivity contribution is 0.313. The topological polar surface area (TPSA) is 30.5 Å². The van der Waals surface area contributed by atoms with E-state index in [1.807, 2.05) is 12.1 Å². The summed E-state index contributed by atoms with van der Waals surface area (Å²) in [5, 5.41) is 3.50. The van der Waals surface area contributed by atoms with E-state index in [1.54, 1.807) is 7.11 Å². The van der Waals surface area contributed by atoms with E-state index in [1.165, 1.54) is 5.56 Å². The molecule has 0 aliphatic carbocycles. The summed E-state index contributed by atoms with van der Waals surface area (Å²) in [6, 6.07) is 6.49. The summed E-state index contributed by atoms with van der Waals surface area (Å²) in [7, 11) is 1.68. The number of benzene rings is 1. The van der Waals surface area contributed by atoms with Crippen LogP contribution < -0.4 is 14.8 Å². The Kier molecular flexibility index (Phi) is 3.67. The molecule has 0 bridgehead atoms. The largest absolute Gasteiger partial charge is 0.497 e. The molecule has 0 aromatic heterocycles. The molecule has 88 valence electrons.